The van der Waals surface area contributed by atoms with E-state index in [1.165, 1.54) is 18.4 Å². The van der Waals surface area contributed by atoms with Gasteiger partial charge in [0.2, 0.25) is 0 Å². The maximum atomic E-state index is 13.0. The van der Waals surface area contributed by atoms with Crippen LogP contribution < -0.4 is 15.4 Å². The first-order chi connectivity index (χ1) is 14.6. The van der Waals surface area contributed by atoms with Gasteiger partial charge in [0.05, 0.1) is 30.6 Å². The number of nitrogens with one attached hydrogen (secondary N) is 2. The molecule has 0 fully saturated rings. The summed E-state index contributed by atoms with van der Waals surface area (Å²) < 4.78 is 5.74. The predicted molar refractivity (Wildman–Crippen MR) is 121 cm³/mol. The molecule has 4 rings (SSSR count). The monoisotopic (exact) mass is 439 g/mol. The molecule has 0 radical (unpaired) electrons. The number of para-hydroxylation sites is 2. The lowest BCUT2D eigenvalue weighted by Crippen LogP contribution is -2.14. The average molecular weight is 440 g/mol. The number of methoxy groups -OCH3 is 1. The van der Waals surface area contributed by atoms with Crippen molar-refractivity contribution in [1.82, 2.24) is 4.98 Å². The van der Waals surface area contributed by atoms with E-state index in [0.29, 0.717) is 28.1 Å². The Morgan fingerprint density at radius 2 is 1.97 bits per heavy atom. The van der Waals surface area contributed by atoms with Gasteiger partial charge in [0.15, 0.2) is 10.2 Å². The molecule has 3 aromatic carbocycles. The molecule has 30 heavy (non-hydrogen) atoms. The number of benzene rings is 3. The van der Waals surface area contributed by atoms with Gasteiger partial charge >= 0.3 is 0 Å². The van der Waals surface area contributed by atoms with Crippen LogP contribution in [0.25, 0.3) is 10.8 Å². The van der Waals surface area contributed by atoms with Crippen LogP contribution in [-0.2, 0) is 6.54 Å². The number of carbonyl (C=O) groups excluding carboxylic acids is 1. The highest BCUT2D eigenvalue weighted by atomic mass is 35.5. The molecule has 8 heteroatoms. The van der Waals surface area contributed by atoms with E-state index in [1.807, 2.05) is 30.3 Å². The fourth-order valence-electron chi connectivity index (χ4n) is 3.17. The lowest BCUT2D eigenvalue weighted by atomic mass is 10.0. The second-order valence-electron chi connectivity index (χ2n) is 6.46. The number of fused-ring (bicyclic) bond motifs is 1. The van der Waals surface area contributed by atoms with Crippen LogP contribution in [0.1, 0.15) is 15.2 Å². The highest BCUT2D eigenvalue weighted by molar-refractivity contribution is 7.15. The van der Waals surface area contributed by atoms with Crippen LogP contribution in [0.2, 0.25) is 4.47 Å². The van der Waals surface area contributed by atoms with E-state index in [9.17, 15) is 9.90 Å². The minimum atomic E-state index is -0.438. The number of anilines is 2. The van der Waals surface area contributed by atoms with E-state index in [2.05, 4.69) is 15.6 Å². The van der Waals surface area contributed by atoms with Crippen molar-refractivity contribution in [2.75, 3.05) is 17.7 Å². The third-order valence-corrected chi connectivity index (χ3v) is 5.70. The molecule has 3 N–H and O–H groups in total. The number of amides is 1. The van der Waals surface area contributed by atoms with Crippen molar-refractivity contribution in [1.29, 1.82) is 0 Å². The number of ether oxygens (including phenoxy) is 1. The van der Waals surface area contributed by atoms with Gasteiger partial charge in [-0.15, -0.1) is 11.3 Å². The molecule has 6 nitrogen and oxygen atoms in total. The van der Waals surface area contributed by atoms with Crippen LogP contribution in [0.3, 0.4) is 0 Å². The van der Waals surface area contributed by atoms with Crippen molar-refractivity contribution in [2.24, 2.45) is 0 Å². The normalized spacial score (nSPS) is 10.7. The SMILES string of the molecule is COc1ccccc1NC(=O)c1cc2ccccc2c(NCc2cnc(Cl)s2)c1O. The first-order valence-electron chi connectivity index (χ1n) is 9.10. The Morgan fingerprint density at radius 3 is 2.73 bits per heavy atom. The molecule has 0 aliphatic carbocycles. The first-order valence-corrected chi connectivity index (χ1v) is 10.3. The predicted octanol–water partition coefficient (Wildman–Crippen LogP) is 5.53. The fraction of sp³-hybridized carbons (Fsp3) is 0.0909. The van der Waals surface area contributed by atoms with Crippen molar-refractivity contribution in [3.05, 3.63) is 75.7 Å². The minimum absolute atomic E-state index is 0.128. The number of phenols is 1. The Labute approximate surface area is 182 Å². The van der Waals surface area contributed by atoms with Crippen LogP contribution in [0.5, 0.6) is 11.5 Å². The number of carbonyl (C=O) groups is 1. The quantitative estimate of drug-likeness (QED) is 0.344. The highest BCUT2D eigenvalue weighted by Gasteiger charge is 2.19. The van der Waals surface area contributed by atoms with Gasteiger partial charge in [0, 0.05) is 16.5 Å². The molecule has 0 spiro atoms. The molecule has 152 valence electrons. The zero-order chi connectivity index (χ0) is 21.1. The van der Waals surface area contributed by atoms with Gasteiger partial charge in [0.1, 0.15) is 5.75 Å². The maximum Gasteiger partial charge on any atom is 0.259 e. The number of rotatable bonds is 6. The molecular weight excluding hydrogens is 422 g/mol. The van der Waals surface area contributed by atoms with Crippen LogP contribution in [0.15, 0.2) is 60.8 Å². The molecule has 4 aromatic rings. The number of halogens is 1. The van der Waals surface area contributed by atoms with Crippen molar-refractivity contribution < 1.29 is 14.6 Å². The molecule has 0 saturated carbocycles. The number of hydrogen-bond donors (Lipinski definition) is 3. The van der Waals surface area contributed by atoms with Crippen molar-refractivity contribution in [3.63, 3.8) is 0 Å². The lowest BCUT2D eigenvalue weighted by Gasteiger charge is -2.16. The fourth-order valence-corrected chi connectivity index (χ4v) is 4.08. The second kappa shape index (κ2) is 8.61. The molecule has 0 bridgehead atoms. The van der Waals surface area contributed by atoms with Crippen LogP contribution in [-0.4, -0.2) is 23.1 Å². The van der Waals surface area contributed by atoms with E-state index in [0.717, 1.165) is 15.6 Å². The molecule has 1 amide bonds. The van der Waals surface area contributed by atoms with Crippen LogP contribution in [0.4, 0.5) is 11.4 Å². The van der Waals surface area contributed by atoms with Gasteiger partial charge in [-0.25, -0.2) is 4.98 Å². The standard InChI is InChI=1S/C22H18ClN3O3S/c1-29-18-9-5-4-8-17(18)26-21(28)16-10-13-6-2-3-7-15(13)19(20(16)27)24-11-14-12-25-22(23)30-14/h2-10,12,24,27H,11H2,1H3,(H,26,28). The van der Waals surface area contributed by atoms with Crippen molar-refractivity contribution >= 4 is 51.0 Å². The average Bonchev–Trinajstić information content (AvgIpc) is 3.18. The largest absolute Gasteiger partial charge is 0.505 e. The number of phenolic OH excluding ortho intramolecular Hbond substituents is 1. The van der Waals surface area contributed by atoms with Gasteiger partial charge in [0.25, 0.3) is 5.91 Å². The molecular formula is C22H18ClN3O3S. The third kappa shape index (κ3) is 4.03. The van der Waals surface area contributed by atoms with E-state index in [4.69, 9.17) is 16.3 Å². The number of thiazole rings is 1. The zero-order valence-corrected chi connectivity index (χ0v) is 17.6. The molecule has 0 unspecified atom stereocenters. The Morgan fingerprint density at radius 1 is 1.20 bits per heavy atom. The smallest absolute Gasteiger partial charge is 0.259 e. The third-order valence-electron chi connectivity index (χ3n) is 4.59. The Bertz CT molecular complexity index is 1230. The number of aromatic nitrogens is 1. The summed E-state index contributed by atoms with van der Waals surface area (Å²) in [6, 6.07) is 16.3. The Hall–Kier alpha value is -3.29. The van der Waals surface area contributed by atoms with E-state index in [-0.39, 0.29) is 11.3 Å². The Kier molecular flexibility index (Phi) is 5.74. The van der Waals surface area contributed by atoms with Crippen molar-refractivity contribution in [2.45, 2.75) is 6.54 Å². The second-order valence-corrected chi connectivity index (χ2v) is 8.15. The Balaban J connectivity index is 1.71. The molecule has 1 heterocycles. The minimum Gasteiger partial charge on any atom is -0.505 e. The highest BCUT2D eigenvalue weighted by Crippen LogP contribution is 2.37. The molecule has 0 saturated heterocycles. The molecule has 0 aliphatic heterocycles. The summed E-state index contributed by atoms with van der Waals surface area (Å²) in [4.78, 5) is 17.9. The van der Waals surface area contributed by atoms with Crippen LogP contribution in [0, 0.1) is 0 Å². The maximum absolute atomic E-state index is 13.0. The van der Waals surface area contributed by atoms with Gasteiger partial charge in [-0.05, 0) is 23.6 Å². The molecule has 1 aromatic heterocycles. The van der Waals surface area contributed by atoms with Gasteiger partial charge in [-0.1, -0.05) is 48.0 Å². The number of nitrogens with zero attached hydrogens (tertiary/aromatic N) is 1. The van der Waals surface area contributed by atoms with Crippen molar-refractivity contribution in [3.8, 4) is 11.5 Å². The topological polar surface area (TPSA) is 83.5 Å². The molecule has 0 atom stereocenters. The summed E-state index contributed by atoms with van der Waals surface area (Å²) >= 11 is 7.26. The van der Waals surface area contributed by atoms with E-state index in [1.54, 1.807) is 30.5 Å². The van der Waals surface area contributed by atoms with E-state index >= 15 is 0 Å². The van der Waals surface area contributed by atoms with Gasteiger partial charge < -0.3 is 20.5 Å². The van der Waals surface area contributed by atoms with E-state index < -0.39 is 5.91 Å². The lowest BCUT2D eigenvalue weighted by molar-refractivity contribution is 0.102. The zero-order valence-electron chi connectivity index (χ0n) is 16.0. The van der Waals surface area contributed by atoms with Gasteiger partial charge in [-0.3, -0.25) is 4.79 Å². The number of aromatic hydroxyl groups is 1. The summed E-state index contributed by atoms with van der Waals surface area (Å²) in [5.74, 6) is -0.0325. The number of hydrogen-bond acceptors (Lipinski definition) is 6. The first kappa shape index (κ1) is 20.0. The summed E-state index contributed by atoms with van der Waals surface area (Å²) in [6.45, 7) is 0.416. The van der Waals surface area contributed by atoms with Gasteiger partial charge in [-0.2, -0.15) is 0 Å². The van der Waals surface area contributed by atoms with Crippen LogP contribution >= 0.6 is 22.9 Å². The summed E-state index contributed by atoms with van der Waals surface area (Å²) in [6.07, 6.45) is 1.68. The summed E-state index contributed by atoms with van der Waals surface area (Å²) in [7, 11) is 1.53. The summed E-state index contributed by atoms with van der Waals surface area (Å²) in [5.41, 5.74) is 1.15. The summed E-state index contributed by atoms with van der Waals surface area (Å²) in [5, 5.41) is 18.6. The molecule has 0 aliphatic rings.